The van der Waals surface area contributed by atoms with Gasteiger partial charge in [0.15, 0.2) is 0 Å². The Morgan fingerprint density at radius 1 is 1.80 bits per heavy atom. The van der Waals surface area contributed by atoms with Gasteiger partial charge in [-0.15, -0.1) is 0 Å². The first-order chi connectivity index (χ1) is 4.92. The van der Waals surface area contributed by atoms with E-state index in [4.69, 9.17) is 5.73 Å². The smallest absolute Gasteiger partial charge is 0.323 e. The van der Waals surface area contributed by atoms with Gasteiger partial charge in [-0.3, -0.25) is 5.32 Å². The number of fused-ring (bicyclic) bond motifs is 1. The van der Waals surface area contributed by atoms with Gasteiger partial charge in [-0.1, -0.05) is 11.3 Å². The van der Waals surface area contributed by atoms with Crippen LogP contribution in [0.4, 0.5) is 5.13 Å². The summed E-state index contributed by atoms with van der Waals surface area (Å²) in [5.41, 5.74) is 6.77. The number of rotatable bonds is 1. The average Bonchev–Trinajstić information content (AvgIpc) is 2.44. The molecule has 0 atom stereocenters. The number of anilines is 1. The van der Waals surface area contributed by atoms with E-state index < -0.39 is 0 Å². The van der Waals surface area contributed by atoms with E-state index >= 15 is 0 Å². The maximum absolute atomic E-state index is 5.53. The molecular weight excluding hydrogens is 146 g/mol. The molecule has 1 aromatic rings. The second-order valence-electron chi connectivity index (χ2n) is 2.31. The van der Waals surface area contributed by atoms with Crippen molar-refractivity contribution in [2.45, 2.75) is 13.1 Å². The third kappa shape index (κ3) is 0.726. The van der Waals surface area contributed by atoms with Gasteiger partial charge in [-0.05, 0) is 0 Å². The molecule has 3 N–H and O–H groups in total. The van der Waals surface area contributed by atoms with E-state index in [0.29, 0.717) is 6.54 Å². The highest BCUT2D eigenvalue weighted by Gasteiger charge is 2.21. The second-order valence-corrected chi connectivity index (χ2v) is 3.17. The summed E-state index contributed by atoms with van der Waals surface area (Å²) in [6.07, 6.45) is 0. The molecule has 0 unspecified atom stereocenters. The van der Waals surface area contributed by atoms with Crippen molar-refractivity contribution in [2.24, 2.45) is 5.73 Å². The Bertz CT molecular complexity index is 243. The summed E-state index contributed by atoms with van der Waals surface area (Å²) in [5, 5.41) is 6.64. The van der Waals surface area contributed by atoms with Crippen LogP contribution in [0, 0.1) is 0 Å². The van der Waals surface area contributed by atoms with Crippen molar-refractivity contribution in [3.05, 3.63) is 11.1 Å². The molecule has 3 nitrogen and oxygen atoms in total. The molecule has 0 radical (unpaired) electrons. The van der Waals surface area contributed by atoms with Crippen molar-refractivity contribution < 1.29 is 4.57 Å². The van der Waals surface area contributed by atoms with E-state index in [2.05, 4.69) is 15.3 Å². The van der Waals surface area contributed by atoms with E-state index in [9.17, 15) is 0 Å². The molecule has 1 aliphatic rings. The molecule has 2 rings (SSSR count). The van der Waals surface area contributed by atoms with Gasteiger partial charge in [0.2, 0.25) is 0 Å². The highest BCUT2D eigenvalue weighted by Crippen LogP contribution is 2.15. The van der Waals surface area contributed by atoms with Gasteiger partial charge in [0.25, 0.3) is 0 Å². The molecule has 0 fully saturated rings. The number of nitrogens with zero attached hydrogens (tertiary/aromatic N) is 1. The molecule has 0 aliphatic carbocycles. The lowest BCUT2D eigenvalue weighted by Crippen LogP contribution is -2.34. The fourth-order valence-electron chi connectivity index (χ4n) is 1.20. The first-order valence-corrected chi connectivity index (χ1v) is 4.24. The standard InChI is InChI=1S/C6H9N3S/c7-3-5-4-10-6-8-1-2-9(5)6/h4H,1-3,7H2/p+1. The van der Waals surface area contributed by atoms with Crippen LogP contribution in [-0.4, -0.2) is 6.54 Å². The van der Waals surface area contributed by atoms with Crippen LogP contribution in [0.5, 0.6) is 0 Å². The Morgan fingerprint density at radius 3 is 3.50 bits per heavy atom. The van der Waals surface area contributed by atoms with Gasteiger partial charge in [0.05, 0.1) is 6.54 Å². The third-order valence-corrected chi connectivity index (χ3v) is 2.70. The molecule has 0 spiro atoms. The SMILES string of the molecule is NCc1csc2[n+]1CCN2. The summed E-state index contributed by atoms with van der Waals surface area (Å²) in [6, 6.07) is 0. The highest BCUT2D eigenvalue weighted by atomic mass is 32.1. The Kier molecular flexibility index (Phi) is 1.35. The summed E-state index contributed by atoms with van der Waals surface area (Å²) >= 11 is 1.74. The first kappa shape index (κ1) is 6.12. The van der Waals surface area contributed by atoms with Crippen LogP contribution in [-0.2, 0) is 13.1 Å². The van der Waals surface area contributed by atoms with Gasteiger partial charge in [-0.2, -0.15) is 0 Å². The number of hydrogen-bond acceptors (Lipinski definition) is 3. The predicted molar refractivity (Wildman–Crippen MR) is 40.9 cm³/mol. The van der Waals surface area contributed by atoms with Crippen molar-refractivity contribution >= 4 is 16.5 Å². The largest absolute Gasteiger partial charge is 0.334 e. The minimum absolute atomic E-state index is 0.651. The zero-order chi connectivity index (χ0) is 6.97. The molecule has 0 bridgehead atoms. The van der Waals surface area contributed by atoms with E-state index in [-0.39, 0.29) is 0 Å². The third-order valence-electron chi connectivity index (χ3n) is 1.72. The second kappa shape index (κ2) is 2.21. The summed E-state index contributed by atoms with van der Waals surface area (Å²) in [5.74, 6) is 0. The van der Waals surface area contributed by atoms with E-state index in [1.54, 1.807) is 11.3 Å². The molecule has 1 aromatic heterocycles. The minimum atomic E-state index is 0.651. The fourth-order valence-corrected chi connectivity index (χ4v) is 2.19. The number of nitrogens with two attached hydrogens (primary N) is 1. The van der Waals surface area contributed by atoms with Crippen molar-refractivity contribution in [3.8, 4) is 0 Å². The summed E-state index contributed by atoms with van der Waals surface area (Å²) in [4.78, 5) is 0. The summed E-state index contributed by atoms with van der Waals surface area (Å²) < 4.78 is 2.24. The van der Waals surface area contributed by atoms with Crippen LogP contribution in [0.1, 0.15) is 5.69 Å². The van der Waals surface area contributed by atoms with Crippen LogP contribution >= 0.6 is 11.3 Å². The normalized spacial score (nSPS) is 14.9. The van der Waals surface area contributed by atoms with Crippen molar-refractivity contribution in [1.29, 1.82) is 0 Å². The zero-order valence-corrected chi connectivity index (χ0v) is 6.45. The molecule has 0 saturated heterocycles. The van der Waals surface area contributed by atoms with Crippen molar-refractivity contribution in [3.63, 3.8) is 0 Å². The van der Waals surface area contributed by atoms with Gasteiger partial charge < -0.3 is 5.73 Å². The average molecular weight is 156 g/mol. The quantitative estimate of drug-likeness (QED) is 0.558. The first-order valence-electron chi connectivity index (χ1n) is 3.36. The number of aromatic nitrogens is 1. The van der Waals surface area contributed by atoms with Crippen LogP contribution in [0.3, 0.4) is 0 Å². The molecule has 10 heavy (non-hydrogen) atoms. The van der Waals surface area contributed by atoms with Crippen LogP contribution in [0.25, 0.3) is 0 Å². The summed E-state index contributed by atoms with van der Waals surface area (Å²) in [6.45, 7) is 2.78. The molecule has 54 valence electrons. The van der Waals surface area contributed by atoms with Gasteiger partial charge in [0.1, 0.15) is 18.8 Å². The molecule has 4 heteroatoms. The van der Waals surface area contributed by atoms with E-state index in [0.717, 1.165) is 13.1 Å². The number of hydrogen-bond donors (Lipinski definition) is 2. The maximum atomic E-state index is 5.53. The summed E-state index contributed by atoms with van der Waals surface area (Å²) in [7, 11) is 0. The maximum Gasteiger partial charge on any atom is 0.334 e. The molecule has 0 aromatic carbocycles. The van der Waals surface area contributed by atoms with Crippen LogP contribution < -0.4 is 15.6 Å². The van der Waals surface area contributed by atoms with Crippen LogP contribution in [0.2, 0.25) is 0 Å². The Morgan fingerprint density at radius 2 is 2.70 bits per heavy atom. The Balaban J connectivity index is 2.44. The highest BCUT2D eigenvalue weighted by molar-refractivity contribution is 7.13. The van der Waals surface area contributed by atoms with Gasteiger partial charge in [0, 0.05) is 5.38 Å². The van der Waals surface area contributed by atoms with Crippen LogP contribution in [0.15, 0.2) is 5.38 Å². The lowest BCUT2D eigenvalue weighted by molar-refractivity contribution is -0.674. The topological polar surface area (TPSA) is 41.9 Å². The fraction of sp³-hybridized carbons (Fsp3) is 0.500. The number of nitrogens with one attached hydrogen (secondary N) is 1. The van der Waals surface area contributed by atoms with Crippen molar-refractivity contribution in [2.75, 3.05) is 11.9 Å². The van der Waals surface area contributed by atoms with Gasteiger partial charge in [-0.25, -0.2) is 4.57 Å². The molecule has 2 heterocycles. The lowest BCUT2D eigenvalue weighted by Gasteiger charge is -1.90. The van der Waals surface area contributed by atoms with Gasteiger partial charge >= 0.3 is 5.13 Å². The molecular formula is C6H10N3S+. The predicted octanol–water partition coefficient (Wildman–Crippen LogP) is -0.0802. The van der Waals surface area contributed by atoms with Crippen molar-refractivity contribution in [1.82, 2.24) is 0 Å². The molecule has 1 aliphatic heterocycles. The molecule has 0 amide bonds. The minimum Gasteiger partial charge on any atom is -0.323 e. The molecule has 0 saturated carbocycles. The Hall–Kier alpha value is -0.610. The lowest BCUT2D eigenvalue weighted by atomic mass is 10.5. The van der Waals surface area contributed by atoms with E-state index in [1.165, 1.54) is 10.8 Å². The van der Waals surface area contributed by atoms with E-state index in [1.807, 2.05) is 0 Å². The number of thiazole rings is 1. The Labute approximate surface area is 63.5 Å². The zero-order valence-electron chi connectivity index (χ0n) is 5.63. The monoisotopic (exact) mass is 156 g/mol.